The molecule has 0 bridgehead atoms. The van der Waals surface area contributed by atoms with E-state index in [9.17, 15) is 0 Å². The van der Waals surface area contributed by atoms with E-state index in [-0.39, 0.29) is 6.04 Å². The molecule has 0 aliphatic carbocycles. The second-order valence-electron chi connectivity index (χ2n) is 4.51. The maximum absolute atomic E-state index is 6.24. The summed E-state index contributed by atoms with van der Waals surface area (Å²) >= 11 is 1.81. The molecular weight excluding hydrogens is 248 g/mol. The second-order valence-corrected chi connectivity index (χ2v) is 5.50. The van der Waals surface area contributed by atoms with Crippen LogP contribution in [0.3, 0.4) is 0 Å². The fourth-order valence-corrected chi connectivity index (χ4v) is 2.25. The average molecular weight is 272 g/mol. The van der Waals surface area contributed by atoms with Crippen LogP contribution in [-0.4, -0.2) is 54.4 Å². The number of likely N-dealkylation sites (N-methyl/N-ethyl adjacent to an activating group) is 1. The van der Waals surface area contributed by atoms with Crippen molar-refractivity contribution < 1.29 is 4.74 Å². The Balaban J connectivity index is 2.80. The summed E-state index contributed by atoms with van der Waals surface area (Å²) in [5.74, 6) is 1.84. The minimum atomic E-state index is -0.0166. The summed E-state index contributed by atoms with van der Waals surface area (Å²) in [4.78, 5) is 2.13. The van der Waals surface area contributed by atoms with Crippen LogP contribution in [0.4, 0.5) is 0 Å². The molecule has 0 fully saturated rings. The molecule has 0 radical (unpaired) electrons. The molecule has 1 aromatic rings. The largest absolute Gasteiger partial charge is 0.493 e. The number of rotatable bonds is 8. The van der Waals surface area contributed by atoms with Crippen molar-refractivity contribution in [3.63, 3.8) is 0 Å². The molecule has 0 aliphatic rings. The van der Waals surface area contributed by atoms with Gasteiger partial charge in [0.1, 0.15) is 0 Å². The van der Waals surface area contributed by atoms with Crippen LogP contribution < -0.4 is 10.5 Å². The molecule has 104 valence electrons. The first-order valence-corrected chi connectivity index (χ1v) is 7.48. The van der Waals surface area contributed by atoms with E-state index in [1.807, 2.05) is 18.8 Å². The van der Waals surface area contributed by atoms with Crippen LogP contribution in [0.25, 0.3) is 0 Å². The topological polar surface area (TPSA) is 56.3 Å². The molecule has 6 heteroatoms. The Morgan fingerprint density at radius 3 is 2.83 bits per heavy atom. The number of thioether (sulfide) groups is 1. The Hall–Kier alpha value is -0.720. The Morgan fingerprint density at radius 2 is 2.28 bits per heavy atom. The maximum Gasteiger partial charge on any atom is 0.161 e. The molecule has 1 heterocycles. The van der Waals surface area contributed by atoms with Crippen molar-refractivity contribution in [2.75, 3.05) is 39.8 Å². The molecule has 1 atom stereocenters. The highest BCUT2D eigenvalue weighted by atomic mass is 32.2. The molecule has 2 N–H and O–H groups in total. The predicted octanol–water partition coefficient (Wildman–Crippen LogP) is 1.21. The molecule has 0 amide bonds. The summed E-state index contributed by atoms with van der Waals surface area (Å²) < 4.78 is 7.31. The van der Waals surface area contributed by atoms with Crippen molar-refractivity contribution in [3.05, 3.63) is 11.9 Å². The van der Waals surface area contributed by atoms with E-state index < -0.39 is 0 Å². The quantitative estimate of drug-likeness (QED) is 0.771. The Labute approximate surface area is 114 Å². The highest BCUT2D eigenvalue weighted by Crippen LogP contribution is 2.26. The summed E-state index contributed by atoms with van der Waals surface area (Å²) in [5, 5.41) is 4.37. The highest BCUT2D eigenvalue weighted by Gasteiger charge is 2.18. The van der Waals surface area contributed by atoms with Crippen LogP contribution >= 0.6 is 11.8 Å². The standard InChI is InChI=1S/C12H24N4OS/c1-15(2)6-7-16-12(10(13)5-8-18-4)11(17-3)9-14-16/h9-10H,5-8,13H2,1-4H3. The maximum atomic E-state index is 6.24. The van der Waals surface area contributed by atoms with Gasteiger partial charge in [-0.05, 0) is 32.5 Å². The van der Waals surface area contributed by atoms with E-state index in [4.69, 9.17) is 10.5 Å². The third-order valence-electron chi connectivity index (χ3n) is 2.81. The van der Waals surface area contributed by atoms with Gasteiger partial charge in [0.25, 0.3) is 0 Å². The monoisotopic (exact) mass is 272 g/mol. The lowest BCUT2D eigenvalue weighted by Gasteiger charge is -2.17. The van der Waals surface area contributed by atoms with Gasteiger partial charge in [0.15, 0.2) is 5.75 Å². The van der Waals surface area contributed by atoms with Gasteiger partial charge in [-0.15, -0.1) is 0 Å². The molecule has 1 rings (SSSR count). The van der Waals surface area contributed by atoms with E-state index in [0.29, 0.717) is 0 Å². The molecular formula is C12H24N4OS. The molecule has 0 aliphatic heterocycles. The van der Waals surface area contributed by atoms with E-state index >= 15 is 0 Å². The molecule has 0 saturated heterocycles. The van der Waals surface area contributed by atoms with Gasteiger partial charge < -0.3 is 15.4 Å². The Morgan fingerprint density at radius 1 is 1.56 bits per heavy atom. The third kappa shape index (κ3) is 4.19. The van der Waals surface area contributed by atoms with E-state index in [1.54, 1.807) is 25.1 Å². The highest BCUT2D eigenvalue weighted by molar-refractivity contribution is 7.98. The summed E-state index contributed by atoms with van der Waals surface area (Å²) in [5.41, 5.74) is 7.25. The SMILES string of the molecule is COc1cnn(CCN(C)C)c1C(N)CCSC. The van der Waals surface area contributed by atoms with Gasteiger partial charge in [-0.2, -0.15) is 16.9 Å². The van der Waals surface area contributed by atoms with Crippen molar-refractivity contribution >= 4 is 11.8 Å². The molecule has 5 nitrogen and oxygen atoms in total. The van der Waals surface area contributed by atoms with Crippen LogP contribution in [0.5, 0.6) is 5.75 Å². The third-order valence-corrected chi connectivity index (χ3v) is 3.45. The van der Waals surface area contributed by atoms with Crippen molar-refractivity contribution in [3.8, 4) is 5.75 Å². The van der Waals surface area contributed by atoms with Gasteiger partial charge in [0.2, 0.25) is 0 Å². The number of nitrogens with two attached hydrogens (primary N) is 1. The van der Waals surface area contributed by atoms with Gasteiger partial charge in [0, 0.05) is 6.54 Å². The van der Waals surface area contributed by atoms with Gasteiger partial charge in [-0.25, -0.2) is 0 Å². The summed E-state index contributed by atoms with van der Waals surface area (Å²) in [6, 6.07) is -0.0166. The molecule has 1 aromatic heterocycles. The number of hydrogen-bond donors (Lipinski definition) is 1. The molecule has 1 unspecified atom stereocenters. The lowest BCUT2D eigenvalue weighted by atomic mass is 10.1. The summed E-state index contributed by atoms with van der Waals surface area (Å²) in [6.07, 6.45) is 4.78. The summed E-state index contributed by atoms with van der Waals surface area (Å²) in [6.45, 7) is 1.77. The van der Waals surface area contributed by atoms with Crippen LogP contribution in [-0.2, 0) is 6.54 Å². The molecule has 18 heavy (non-hydrogen) atoms. The number of nitrogens with zero attached hydrogens (tertiary/aromatic N) is 3. The first-order valence-electron chi connectivity index (χ1n) is 6.09. The van der Waals surface area contributed by atoms with Gasteiger partial charge >= 0.3 is 0 Å². The minimum absolute atomic E-state index is 0.0166. The lowest BCUT2D eigenvalue weighted by Crippen LogP contribution is -2.23. The van der Waals surface area contributed by atoms with Crippen molar-refractivity contribution in [1.82, 2.24) is 14.7 Å². The van der Waals surface area contributed by atoms with Crippen LogP contribution in [0.2, 0.25) is 0 Å². The van der Waals surface area contributed by atoms with Gasteiger partial charge in [0.05, 0.1) is 31.6 Å². The van der Waals surface area contributed by atoms with Gasteiger partial charge in [-0.3, -0.25) is 4.68 Å². The predicted molar refractivity (Wildman–Crippen MR) is 77.3 cm³/mol. The normalized spacial score (nSPS) is 13.0. The zero-order valence-corrected chi connectivity index (χ0v) is 12.5. The first-order chi connectivity index (χ1) is 8.60. The molecule has 0 spiro atoms. The smallest absolute Gasteiger partial charge is 0.161 e. The zero-order valence-electron chi connectivity index (χ0n) is 11.7. The number of hydrogen-bond acceptors (Lipinski definition) is 5. The van der Waals surface area contributed by atoms with Crippen LogP contribution in [0.1, 0.15) is 18.2 Å². The van der Waals surface area contributed by atoms with Crippen LogP contribution in [0.15, 0.2) is 6.20 Å². The van der Waals surface area contributed by atoms with Crippen LogP contribution in [0, 0.1) is 0 Å². The fourth-order valence-electron chi connectivity index (χ4n) is 1.76. The first kappa shape index (κ1) is 15.3. The van der Waals surface area contributed by atoms with E-state index in [2.05, 4.69) is 16.3 Å². The molecule has 0 saturated carbocycles. The second kappa shape index (κ2) is 7.66. The fraction of sp³-hybridized carbons (Fsp3) is 0.750. The summed E-state index contributed by atoms with van der Waals surface area (Å²) in [7, 11) is 5.76. The number of methoxy groups -OCH3 is 1. The lowest BCUT2D eigenvalue weighted by molar-refractivity contribution is 0.360. The minimum Gasteiger partial charge on any atom is -0.493 e. The van der Waals surface area contributed by atoms with E-state index in [1.165, 1.54) is 0 Å². The van der Waals surface area contributed by atoms with Gasteiger partial charge in [-0.1, -0.05) is 0 Å². The van der Waals surface area contributed by atoms with Crippen molar-refractivity contribution in [2.45, 2.75) is 19.0 Å². The average Bonchev–Trinajstić information content (AvgIpc) is 2.76. The van der Waals surface area contributed by atoms with Crippen molar-refractivity contribution in [1.29, 1.82) is 0 Å². The number of aromatic nitrogens is 2. The zero-order chi connectivity index (χ0) is 13.5. The Bertz CT molecular complexity index is 354. The number of ether oxygens (including phenoxy) is 1. The molecule has 0 aromatic carbocycles. The Kier molecular flexibility index (Phi) is 6.52. The van der Waals surface area contributed by atoms with Crippen molar-refractivity contribution in [2.24, 2.45) is 5.73 Å². The van der Waals surface area contributed by atoms with E-state index in [0.717, 1.165) is 36.7 Å².